The van der Waals surface area contributed by atoms with E-state index >= 15 is 0 Å². The van der Waals surface area contributed by atoms with Crippen LogP contribution in [0.25, 0.3) is 0 Å². The number of carbonyl (C=O) groups is 2. The summed E-state index contributed by atoms with van der Waals surface area (Å²) < 4.78 is 14.5. The van der Waals surface area contributed by atoms with Crippen molar-refractivity contribution in [3.63, 3.8) is 0 Å². The van der Waals surface area contributed by atoms with Crippen molar-refractivity contribution in [1.29, 1.82) is 0 Å². The molecule has 88 valence electrons. The molecule has 0 bridgehead atoms. The molecule has 15 heavy (non-hydrogen) atoms. The van der Waals surface area contributed by atoms with Gasteiger partial charge in [-0.25, -0.2) is 0 Å². The Bertz CT molecular complexity index is 199. The van der Waals surface area contributed by atoms with Crippen LogP contribution in [0.2, 0.25) is 0 Å². The zero-order valence-electron chi connectivity index (χ0n) is 8.89. The van der Waals surface area contributed by atoms with Crippen LogP contribution in [0.4, 0.5) is 0 Å². The Hall–Kier alpha value is -1.14. The molecule has 0 aliphatic rings. The van der Waals surface area contributed by atoms with Crippen LogP contribution in [0.1, 0.15) is 19.3 Å². The van der Waals surface area contributed by atoms with Crippen molar-refractivity contribution >= 4 is 11.9 Å². The molecular weight excluding hydrogens is 204 g/mol. The highest BCUT2D eigenvalue weighted by Gasteiger charge is 2.09. The first-order valence-corrected chi connectivity index (χ1v) is 4.53. The Morgan fingerprint density at radius 3 is 2.27 bits per heavy atom. The van der Waals surface area contributed by atoms with Gasteiger partial charge in [-0.1, -0.05) is 0 Å². The summed E-state index contributed by atoms with van der Waals surface area (Å²) in [7, 11) is 2.97. The van der Waals surface area contributed by atoms with E-state index in [1.165, 1.54) is 14.2 Å². The second-order valence-corrected chi connectivity index (χ2v) is 2.80. The van der Waals surface area contributed by atoms with Crippen LogP contribution in [0, 0.1) is 0 Å². The molecule has 0 aliphatic carbocycles. The minimum atomic E-state index is -1.02. The standard InChI is InChI=1S/C9H16O6/c1-13-9(14-2)5-6-15-8(12)4-3-7(10)11/h9H,3-6H2,1-2H3,(H,10,11). The molecule has 0 amide bonds. The van der Waals surface area contributed by atoms with E-state index in [9.17, 15) is 9.59 Å². The number of carboxylic acid groups (broad SMARTS) is 1. The van der Waals surface area contributed by atoms with Gasteiger partial charge in [0.15, 0.2) is 6.29 Å². The highest BCUT2D eigenvalue weighted by molar-refractivity contribution is 5.76. The predicted molar refractivity (Wildman–Crippen MR) is 50.3 cm³/mol. The maximum Gasteiger partial charge on any atom is 0.306 e. The first-order valence-electron chi connectivity index (χ1n) is 4.53. The monoisotopic (exact) mass is 220 g/mol. The zero-order chi connectivity index (χ0) is 11.7. The fourth-order valence-corrected chi connectivity index (χ4v) is 0.882. The minimum Gasteiger partial charge on any atom is -0.481 e. The number of carboxylic acids is 1. The van der Waals surface area contributed by atoms with Crippen molar-refractivity contribution in [2.45, 2.75) is 25.6 Å². The Morgan fingerprint density at radius 1 is 1.20 bits per heavy atom. The number of methoxy groups -OCH3 is 2. The van der Waals surface area contributed by atoms with Gasteiger partial charge in [-0.15, -0.1) is 0 Å². The van der Waals surface area contributed by atoms with Crippen LogP contribution < -0.4 is 0 Å². The second-order valence-electron chi connectivity index (χ2n) is 2.80. The fraction of sp³-hybridized carbons (Fsp3) is 0.778. The molecule has 0 aromatic carbocycles. The summed E-state index contributed by atoms with van der Waals surface area (Å²) in [4.78, 5) is 21.1. The molecule has 0 saturated heterocycles. The van der Waals surface area contributed by atoms with Crippen LogP contribution >= 0.6 is 0 Å². The molecule has 0 heterocycles. The Morgan fingerprint density at radius 2 is 1.80 bits per heavy atom. The lowest BCUT2D eigenvalue weighted by Gasteiger charge is -2.12. The van der Waals surface area contributed by atoms with E-state index in [-0.39, 0.29) is 19.4 Å². The van der Waals surface area contributed by atoms with E-state index < -0.39 is 18.2 Å². The van der Waals surface area contributed by atoms with Crippen LogP contribution in [0.3, 0.4) is 0 Å². The number of esters is 1. The van der Waals surface area contributed by atoms with Gasteiger partial charge in [0.25, 0.3) is 0 Å². The maximum absolute atomic E-state index is 10.9. The SMILES string of the molecule is COC(CCOC(=O)CCC(=O)O)OC. The largest absolute Gasteiger partial charge is 0.481 e. The summed E-state index contributed by atoms with van der Waals surface area (Å²) in [5.74, 6) is -1.54. The molecule has 1 N–H and O–H groups in total. The lowest BCUT2D eigenvalue weighted by molar-refractivity contribution is -0.152. The Balaban J connectivity index is 3.49. The number of ether oxygens (including phenoxy) is 3. The molecule has 6 nitrogen and oxygen atoms in total. The Kier molecular flexibility index (Phi) is 7.57. The van der Waals surface area contributed by atoms with Crippen molar-refractivity contribution in [1.82, 2.24) is 0 Å². The third-order valence-electron chi connectivity index (χ3n) is 1.69. The van der Waals surface area contributed by atoms with Crippen molar-refractivity contribution in [3.8, 4) is 0 Å². The molecular formula is C9H16O6. The van der Waals surface area contributed by atoms with E-state index in [1.54, 1.807) is 0 Å². The van der Waals surface area contributed by atoms with Crippen molar-refractivity contribution < 1.29 is 28.9 Å². The maximum atomic E-state index is 10.9. The third kappa shape index (κ3) is 7.90. The molecule has 0 rings (SSSR count). The summed E-state index contributed by atoms with van der Waals surface area (Å²) in [5, 5.41) is 8.30. The van der Waals surface area contributed by atoms with Crippen LogP contribution in [-0.2, 0) is 23.8 Å². The predicted octanol–water partition coefficient (Wildman–Crippen LogP) is 0.403. The first-order chi connectivity index (χ1) is 7.10. The number of rotatable bonds is 8. The molecule has 6 heteroatoms. The molecule has 0 spiro atoms. The minimum absolute atomic E-state index is 0.111. The molecule has 0 aromatic rings. The first kappa shape index (κ1) is 13.9. The highest BCUT2D eigenvalue weighted by atomic mass is 16.7. The van der Waals surface area contributed by atoms with Gasteiger partial charge in [-0.2, -0.15) is 0 Å². The van der Waals surface area contributed by atoms with Gasteiger partial charge >= 0.3 is 11.9 Å². The lowest BCUT2D eigenvalue weighted by Crippen LogP contribution is -2.17. The van der Waals surface area contributed by atoms with Crippen LogP contribution in [0.5, 0.6) is 0 Å². The summed E-state index contributed by atoms with van der Waals surface area (Å²) in [6, 6.07) is 0. The molecule has 0 aliphatic heterocycles. The van der Waals surface area contributed by atoms with Crippen molar-refractivity contribution in [2.75, 3.05) is 20.8 Å². The molecule has 0 radical (unpaired) electrons. The molecule has 0 aromatic heterocycles. The van der Waals surface area contributed by atoms with Crippen molar-refractivity contribution in [2.24, 2.45) is 0 Å². The molecule has 0 saturated carbocycles. The van der Waals surface area contributed by atoms with Gasteiger partial charge in [0.1, 0.15) is 0 Å². The third-order valence-corrected chi connectivity index (χ3v) is 1.69. The normalized spacial score (nSPS) is 10.3. The van der Waals surface area contributed by atoms with E-state index in [0.29, 0.717) is 6.42 Å². The van der Waals surface area contributed by atoms with Gasteiger partial charge in [-0.3, -0.25) is 9.59 Å². The molecule has 0 atom stereocenters. The average Bonchev–Trinajstić information content (AvgIpc) is 2.21. The number of hydrogen-bond acceptors (Lipinski definition) is 5. The second kappa shape index (κ2) is 8.19. The van der Waals surface area contributed by atoms with E-state index in [0.717, 1.165) is 0 Å². The summed E-state index contributed by atoms with van der Waals surface area (Å²) >= 11 is 0. The summed E-state index contributed by atoms with van der Waals surface area (Å²) in [6.07, 6.45) is -0.306. The summed E-state index contributed by atoms with van der Waals surface area (Å²) in [5.41, 5.74) is 0. The van der Waals surface area contributed by atoms with Crippen LogP contribution in [-0.4, -0.2) is 44.2 Å². The highest BCUT2D eigenvalue weighted by Crippen LogP contribution is 2.00. The fourth-order valence-electron chi connectivity index (χ4n) is 0.882. The average molecular weight is 220 g/mol. The Labute approximate surface area is 88.1 Å². The van der Waals surface area contributed by atoms with Gasteiger partial charge in [0, 0.05) is 20.6 Å². The van der Waals surface area contributed by atoms with E-state index in [4.69, 9.17) is 19.3 Å². The van der Waals surface area contributed by atoms with E-state index in [1.807, 2.05) is 0 Å². The molecule has 0 unspecified atom stereocenters. The number of aliphatic carboxylic acids is 1. The topological polar surface area (TPSA) is 82.1 Å². The van der Waals surface area contributed by atoms with Gasteiger partial charge < -0.3 is 19.3 Å². The van der Waals surface area contributed by atoms with Gasteiger partial charge in [-0.05, 0) is 0 Å². The van der Waals surface area contributed by atoms with E-state index in [2.05, 4.69) is 0 Å². The zero-order valence-corrected chi connectivity index (χ0v) is 8.89. The van der Waals surface area contributed by atoms with Crippen LogP contribution in [0.15, 0.2) is 0 Å². The lowest BCUT2D eigenvalue weighted by atomic mass is 10.3. The van der Waals surface area contributed by atoms with Gasteiger partial charge in [0.05, 0.1) is 19.4 Å². The van der Waals surface area contributed by atoms with Crippen molar-refractivity contribution in [3.05, 3.63) is 0 Å². The quantitative estimate of drug-likeness (QED) is 0.471. The summed E-state index contributed by atoms with van der Waals surface area (Å²) in [6.45, 7) is 0.158. The smallest absolute Gasteiger partial charge is 0.306 e. The number of hydrogen-bond donors (Lipinski definition) is 1. The van der Waals surface area contributed by atoms with Gasteiger partial charge in [0.2, 0.25) is 0 Å². The molecule has 0 fully saturated rings. The number of carbonyl (C=O) groups excluding carboxylic acids is 1.